The average molecular weight is 397 g/mol. The van der Waals surface area contributed by atoms with Gasteiger partial charge in [0.15, 0.2) is 5.76 Å². The van der Waals surface area contributed by atoms with Crippen LogP contribution in [0.15, 0.2) is 33.7 Å². The van der Waals surface area contributed by atoms with Crippen LogP contribution in [0.4, 0.5) is 5.69 Å². The smallest absolute Gasteiger partial charge is 0.263 e. The Morgan fingerprint density at radius 3 is 2.48 bits per heavy atom. The number of benzene rings is 1. The maximum absolute atomic E-state index is 12.8. The van der Waals surface area contributed by atoms with E-state index in [1.165, 1.54) is 11.3 Å². The number of aryl methyl sites for hydroxylation is 3. The summed E-state index contributed by atoms with van der Waals surface area (Å²) in [6.45, 7) is 7.38. The molecule has 0 amide bonds. The van der Waals surface area contributed by atoms with Crippen LogP contribution in [0.2, 0.25) is 5.02 Å². The fourth-order valence-electron chi connectivity index (χ4n) is 2.36. The lowest BCUT2D eigenvalue weighted by Gasteiger charge is -2.08. The lowest BCUT2D eigenvalue weighted by molar-refractivity contribution is 0.427. The summed E-state index contributed by atoms with van der Waals surface area (Å²) in [4.78, 5) is 1.63. The standard InChI is InChI=1S/C17H17ClN2O3S2/c1-9-5-6-13(7-14(9)18)20-25(21,22)16-8-15(24-12(16)4)17-10(2)11(3)19-23-17/h5-8,20H,1-4H3. The fourth-order valence-corrected chi connectivity index (χ4v) is 5.21. The summed E-state index contributed by atoms with van der Waals surface area (Å²) >= 11 is 7.43. The monoisotopic (exact) mass is 396 g/mol. The molecule has 1 N–H and O–H groups in total. The quantitative estimate of drug-likeness (QED) is 0.666. The molecule has 0 aliphatic heterocycles. The maximum Gasteiger partial charge on any atom is 0.263 e. The van der Waals surface area contributed by atoms with E-state index >= 15 is 0 Å². The van der Waals surface area contributed by atoms with Crippen molar-refractivity contribution in [2.24, 2.45) is 0 Å². The van der Waals surface area contributed by atoms with Crippen molar-refractivity contribution in [3.05, 3.63) is 51.0 Å². The Balaban J connectivity index is 1.97. The molecule has 3 rings (SSSR count). The van der Waals surface area contributed by atoms with Crippen molar-refractivity contribution in [3.8, 4) is 10.6 Å². The van der Waals surface area contributed by atoms with Crippen LogP contribution >= 0.6 is 22.9 Å². The minimum atomic E-state index is -3.73. The Morgan fingerprint density at radius 1 is 1.16 bits per heavy atom. The molecule has 8 heteroatoms. The topological polar surface area (TPSA) is 72.2 Å². The molecule has 0 aliphatic carbocycles. The molecule has 5 nitrogen and oxygen atoms in total. The van der Waals surface area contributed by atoms with Crippen molar-refractivity contribution in [1.82, 2.24) is 5.16 Å². The number of halogens is 1. The zero-order valence-electron chi connectivity index (χ0n) is 14.2. The van der Waals surface area contributed by atoms with E-state index in [9.17, 15) is 8.42 Å². The molecule has 0 fully saturated rings. The number of thiophene rings is 1. The predicted molar refractivity (Wildman–Crippen MR) is 101 cm³/mol. The number of sulfonamides is 1. The van der Waals surface area contributed by atoms with Crippen molar-refractivity contribution in [1.29, 1.82) is 0 Å². The third-order valence-electron chi connectivity index (χ3n) is 3.97. The van der Waals surface area contributed by atoms with Crippen molar-refractivity contribution >= 4 is 38.6 Å². The fraction of sp³-hybridized carbons (Fsp3) is 0.235. The molecule has 3 aromatic rings. The van der Waals surface area contributed by atoms with Crippen LogP contribution in [0, 0.1) is 27.7 Å². The summed E-state index contributed by atoms with van der Waals surface area (Å²) in [6.07, 6.45) is 0. The van der Waals surface area contributed by atoms with Gasteiger partial charge < -0.3 is 4.52 Å². The lowest BCUT2D eigenvalue weighted by Crippen LogP contribution is -2.13. The normalized spacial score (nSPS) is 11.7. The highest BCUT2D eigenvalue weighted by atomic mass is 35.5. The van der Waals surface area contributed by atoms with Gasteiger partial charge in [0.25, 0.3) is 10.0 Å². The van der Waals surface area contributed by atoms with E-state index in [4.69, 9.17) is 16.1 Å². The Labute approximate surface area is 155 Å². The highest BCUT2D eigenvalue weighted by Gasteiger charge is 2.23. The first-order valence-electron chi connectivity index (χ1n) is 7.51. The van der Waals surface area contributed by atoms with Gasteiger partial charge in [0.2, 0.25) is 0 Å². The summed E-state index contributed by atoms with van der Waals surface area (Å²) in [5.41, 5.74) is 3.01. The van der Waals surface area contributed by atoms with E-state index in [1.54, 1.807) is 31.2 Å². The third kappa shape index (κ3) is 3.44. The lowest BCUT2D eigenvalue weighted by atomic mass is 10.2. The number of rotatable bonds is 4. The maximum atomic E-state index is 12.8. The van der Waals surface area contributed by atoms with E-state index < -0.39 is 10.0 Å². The molecule has 132 valence electrons. The molecule has 0 unspecified atom stereocenters. The predicted octanol–water partition coefficient (Wildman–Crippen LogP) is 5.09. The zero-order valence-corrected chi connectivity index (χ0v) is 16.6. The van der Waals surface area contributed by atoms with Crippen molar-refractivity contribution < 1.29 is 12.9 Å². The molecule has 2 aromatic heterocycles. The minimum absolute atomic E-state index is 0.220. The summed E-state index contributed by atoms with van der Waals surface area (Å²) in [5.74, 6) is 0.602. The number of hydrogen-bond donors (Lipinski definition) is 1. The highest BCUT2D eigenvalue weighted by Crippen LogP contribution is 2.36. The molecule has 0 aliphatic rings. The molecular weight excluding hydrogens is 380 g/mol. The number of anilines is 1. The van der Waals surface area contributed by atoms with Crippen molar-refractivity contribution in [3.63, 3.8) is 0 Å². The van der Waals surface area contributed by atoms with E-state index in [-0.39, 0.29) is 4.90 Å². The number of aromatic nitrogens is 1. The van der Waals surface area contributed by atoms with Gasteiger partial charge in [-0.15, -0.1) is 11.3 Å². The second-order valence-corrected chi connectivity index (χ2v) is 9.14. The van der Waals surface area contributed by atoms with Crippen molar-refractivity contribution in [2.45, 2.75) is 32.6 Å². The zero-order chi connectivity index (χ0) is 18.4. The first-order chi connectivity index (χ1) is 11.7. The van der Waals surface area contributed by atoms with Gasteiger partial charge in [0.1, 0.15) is 4.90 Å². The van der Waals surface area contributed by atoms with Gasteiger partial charge >= 0.3 is 0 Å². The van der Waals surface area contributed by atoms with Crippen LogP contribution in [0.5, 0.6) is 0 Å². The Hall–Kier alpha value is -1.83. The molecule has 0 spiro atoms. The summed E-state index contributed by atoms with van der Waals surface area (Å²) < 4.78 is 33.4. The van der Waals surface area contributed by atoms with Gasteiger partial charge in [-0.3, -0.25) is 4.72 Å². The third-order valence-corrected chi connectivity index (χ3v) is 7.06. The Kier molecular flexibility index (Phi) is 4.66. The molecule has 1 aromatic carbocycles. The number of nitrogens with zero attached hydrogens (tertiary/aromatic N) is 1. The van der Waals surface area contributed by atoms with Crippen LogP contribution in [0.25, 0.3) is 10.6 Å². The molecule has 0 saturated heterocycles. The number of nitrogens with one attached hydrogen (secondary N) is 1. The van der Waals surface area contributed by atoms with E-state index in [0.717, 1.165) is 21.7 Å². The van der Waals surface area contributed by atoms with E-state index in [1.807, 2.05) is 20.8 Å². The molecule has 0 radical (unpaired) electrons. The van der Waals surface area contributed by atoms with Crippen LogP contribution in [-0.2, 0) is 10.0 Å². The van der Waals surface area contributed by atoms with Gasteiger partial charge in [-0.05, 0) is 51.5 Å². The molecule has 0 atom stereocenters. The molecule has 0 bridgehead atoms. The number of hydrogen-bond acceptors (Lipinski definition) is 5. The van der Waals surface area contributed by atoms with Crippen LogP contribution in [0.1, 0.15) is 21.7 Å². The van der Waals surface area contributed by atoms with Crippen molar-refractivity contribution in [2.75, 3.05) is 4.72 Å². The second kappa shape index (κ2) is 6.48. The van der Waals surface area contributed by atoms with E-state index in [0.29, 0.717) is 21.3 Å². The Bertz CT molecular complexity index is 1050. The van der Waals surface area contributed by atoms with E-state index in [2.05, 4.69) is 9.88 Å². The first kappa shape index (κ1) is 18.0. The summed E-state index contributed by atoms with van der Waals surface area (Å²) in [5, 5.41) is 4.44. The first-order valence-corrected chi connectivity index (χ1v) is 10.2. The minimum Gasteiger partial charge on any atom is -0.355 e. The molecule has 25 heavy (non-hydrogen) atoms. The molecule has 0 saturated carbocycles. The van der Waals surface area contributed by atoms with Crippen LogP contribution in [0.3, 0.4) is 0 Å². The summed E-state index contributed by atoms with van der Waals surface area (Å²) in [6, 6.07) is 6.67. The van der Waals surface area contributed by atoms with Gasteiger partial charge in [-0.1, -0.05) is 22.8 Å². The Morgan fingerprint density at radius 2 is 1.88 bits per heavy atom. The molecular formula is C17H17ClN2O3S2. The van der Waals surface area contributed by atoms with Gasteiger partial charge in [0, 0.05) is 15.5 Å². The summed E-state index contributed by atoms with van der Waals surface area (Å²) in [7, 11) is -3.73. The largest absolute Gasteiger partial charge is 0.355 e. The van der Waals surface area contributed by atoms with Gasteiger partial charge in [0.05, 0.1) is 16.3 Å². The van der Waals surface area contributed by atoms with Crippen LogP contribution in [-0.4, -0.2) is 13.6 Å². The SMILES string of the molecule is Cc1ccc(NS(=O)(=O)c2cc(-c3onc(C)c3C)sc2C)cc1Cl. The van der Waals surface area contributed by atoms with Gasteiger partial charge in [-0.2, -0.15) is 0 Å². The molecule has 2 heterocycles. The second-order valence-electron chi connectivity index (χ2n) is 5.82. The van der Waals surface area contributed by atoms with Crippen LogP contribution < -0.4 is 4.72 Å². The van der Waals surface area contributed by atoms with Gasteiger partial charge in [-0.25, -0.2) is 8.42 Å². The average Bonchev–Trinajstić information content (AvgIpc) is 3.07. The highest BCUT2D eigenvalue weighted by molar-refractivity contribution is 7.93.